The lowest BCUT2D eigenvalue weighted by atomic mass is 9.82. The van der Waals surface area contributed by atoms with Crippen molar-refractivity contribution in [2.45, 2.75) is 19.3 Å². The van der Waals surface area contributed by atoms with Crippen molar-refractivity contribution in [2.75, 3.05) is 0 Å². The zero-order valence-electron chi connectivity index (χ0n) is 29.2. The van der Waals surface area contributed by atoms with E-state index in [0.717, 1.165) is 56.0 Å². The second kappa shape index (κ2) is 12.1. The average molecular weight is 684 g/mol. The summed E-state index contributed by atoms with van der Waals surface area (Å²) in [6.45, 7) is 4.54. The van der Waals surface area contributed by atoms with Crippen LogP contribution >= 0.6 is 0 Å². The number of rotatable bonds is 5. The average Bonchev–Trinajstić information content (AvgIpc) is 3.46. The van der Waals surface area contributed by atoms with Crippen molar-refractivity contribution in [3.05, 3.63) is 175 Å². The van der Waals surface area contributed by atoms with Crippen LogP contribution in [0.25, 0.3) is 67.5 Å². The van der Waals surface area contributed by atoms with Crippen molar-refractivity contribution in [3.8, 4) is 90.5 Å². The van der Waals surface area contributed by atoms with Crippen molar-refractivity contribution in [3.63, 3.8) is 0 Å². The third kappa shape index (κ3) is 5.20. The SMILES string of the molecule is CC1(C)c2ccccc2-c2c1ccc1c2Oc2cc(-c3ccc(-c4nc(-c5ccccc5)nc(-c5ccccc5-c5ccccc5)n4)cc3)ccc2O1. The Morgan fingerprint density at radius 3 is 1.66 bits per heavy atom. The van der Waals surface area contributed by atoms with Crippen LogP contribution in [0.1, 0.15) is 25.0 Å². The first-order chi connectivity index (χ1) is 26.0. The van der Waals surface area contributed by atoms with E-state index in [1.54, 1.807) is 0 Å². The summed E-state index contributed by atoms with van der Waals surface area (Å²) >= 11 is 0. The summed E-state index contributed by atoms with van der Waals surface area (Å²) in [6.07, 6.45) is 0. The molecule has 1 aromatic heterocycles. The Morgan fingerprint density at radius 1 is 0.377 bits per heavy atom. The maximum Gasteiger partial charge on any atom is 0.178 e. The van der Waals surface area contributed by atoms with Gasteiger partial charge in [0.05, 0.1) is 0 Å². The van der Waals surface area contributed by atoms with Gasteiger partial charge in [0, 0.05) is 27.7 Å². The summed E-state index contributed by atoms with van der Waals surface area (Å²) in [4.78, 5) is 15.0. The molecule has 53 heavy (non-hydrogen) atoms. The molecule has 8 aromatic rings. The molecular formula is C48H33N3O2. The van der Waals surface area contributed by atoms with Gasteiger partial charge in [-0.05, 0) is 57.1 Å². The molecule has 0 saturated carbocycles. The fourth-order valence-electron chi connectivity index (χ4n) is 7.71. The van der Waals surface area contributed by atoms with Gasteiger partial charge in [0.2, 0.25) is 0 Å². The monoisotopic (exact) mass is 683 g/mol. The van der Waals surface area contributed by atoms with E-state index in [4.69, 9.17) is 24.4 Å². The van der Waals surface area contributed by atoms with Gasteiger partial charge in [-0.3, -0.25) is 0 Å². The third-order valence-corrected chi connectivity index (χ3v) is 10.4. The first-order valence-electron chi connectivity index (χ1n) is 17.9. The number of nitrogens with zero attached hydrogens (tertiary/aromatic N) is 3. The number of aromatic nitrogens is 3. The number of hydrogen-bond donors (Lipinski definition) is 0. The molecule has 0 saturated heterocycles. The number of benzene rings is 7. The Balaban J connectivity index is 1.01. The van der Waals surface area contributed by atoms with E-state index in [1.165, 1.54) is 16.7 Å². The summed E-state index contributed by atoms with van der Waals surface area (Å²) in [7, 11) is 0. The highest BCUT2D eigenvalue weighted by Gasteiger charge is 2.39. The van der Waals surface area contributed by atoms with Gasteiger partial charge in [0.25, 0.3) is 0 Å². The van der Waals surface area contributed by atoms with Gasteiger partial charge in [-0.25, -0.2) is 15.0 Å². The molecule has 1 aliphatic carbocycles. The molecule has 7 aromatic carbocycles. The predicted molar refractivity (Wildman–Crippen MR) is 211 cm³/mol. The normalized spacial score (nSPS) is 13.2. The summed E-state index contributed by atoms with van der Waals surface area (Å²) in [5, 5.41) is 0. The largest absolute Gasteiger partial charge is 0.449 e. The van der Waals surface area contributed by atoms with E-state index in [9.17, 15) is 0 Å². The van der Waals surface area contributed by atoms with Crippen molar-refractivity contribution in [1.82, 2.24) is 15.0 Å². The fourth-order valence-corrected chi connectivity index (χ4v) is 7.71. The van der Waals surface area contributed by atoms with E-state index in [0.29, 0.717) is 29.0 Å². The van der Waals surface area contributed by atoms with Crippen molar-refractivity contribution in [1.29, 1.82) is 0 Å². The minimum absolute atomic E-state index is 0.124. The summed E-state index contributed by atoms with van der Waals surface area (Å²) in [6, 6.07) is 56.0. The van der Waals surface area contributed by atoms with Gasteiger partial charge in [-0.1, -0.05) is 159 Å². The van der Waals surface area contributed by atoms with Gasteiger partial charge in [-0.2, -0.15) is 0 Å². The molecule has 0 N–H and O–H groups in total. The zero-order valence-corrected chi connectivity index (χ0v) is 29.2. The highest BCUT2D eigenvalue weighted by atomic mass is 16.6. The second-order valence-corrected chi connectivity index (χ2v) is 14.0. The maximum atomic E-state index is 6.73. The second-order valence-electron chi connectivity index (χ2n) is 14.0. The molecule has 1 aliphatic heterocycles. The molecule has 0 spiro atoms. The molecule has 2 heterocycles. The molecule has 252 valence electrons. The Labute approximate surface area is 308 Å². The van der Waals surface area contributed by atoms with Crippen LogP contribution in [-0.4, -0.2) is 15.0 Å². The van der Waals surface area contributed by atoms with Gasteiger partial charge in [-0.15, -0.1) is 0 Å². The highest BCUT2D eigenvalue weighted by molar-refractivity contribution is 5.88. The first kappa shape index (κ1) is 30.9. The molecule has 0 atom stereocenters. The van der Waals surface area contributed by atoms with E-state index in [1.807, 2.05) is 72.8 Å². The molecule has 0 radical (unpaired) electrons. The lowest BCUT2D eigenvalue weighted by molar-refractivity contribution is 0.360. The van der Waals surface area contributed by atoms with Crippen molar-refractivity contribution in [2.24, 2.45) is 0 Å². The number of fused-ring (bicyclic) bond motifs is 6. The first-order valence-corrected chi connectivity index (χ1v) is 17.9. The Bertz CT molecular complexity index is 2690. The lowest BCUT2D eigenvalue weighted by Crippen LogP contribution is -2.15. The van der Waals surface area contributed by atoms with Crippen LogP contribution in [0.2, 0.25) is 0 Å². The van der Waals surface area contributed by atoms with Crippen LogP contribution in [-0.2, 0) is 5.41 Å². The Kier molecular flexibility index (Phi) is 7.08. The third-order valence-electron chi connectivity index (χ3n) is 10.4. The van der Waals surface area contributed by atoms with Crippen LogP contribution in [0.15, 0.2) is 164 Å². The smallest absolute Gasteiger partial charge is 0.178 e. The standard InChI is InChI=1S/C48H33N3O2/c1-48(2)38-20-12-11-19-37(38)43-39(48)26-28-41-44(43)53-42-29-34(25-27-40(42)52-41)30-21-23-33(24-22-30)46-49-45(32-15-7-4-8-16-32)50-47(51-46)36-18-10-9-17-35(36)31-13-5-3-6-14-31/h3-29H,1-2H3. The summed E-state index contributed by atoms with van der Waals surface area (Å²) in [5.41, 5.74) is 11.8. The van der Waals surface area contributed by atoms with Gasteiger partial charge in [0.1, 0.15) is 0 Å². The summed E-state index contributed by atoms with van der Waals surface area (Å²) < 4.78 is 13.2. The maximum absolute atomic E-state index is 6.73. The summed E-state index contributed by atoms with van der Waals surface area (Å²) in [5.74, 6) is 4.77. The minimum Gasteiger partial charge on any atom is -0.449 e. The van der Waals surface area contributed by atoms with Crippen molar-refractivity contribution < 1.29 is 9.47 Å². The van der Waals surface area contributed by atoms with Crippen LogP contribution in [0.5, 0.6) is 23.0 Å². The molecule has 5 nitrogen and oxygen atoms in total. The zero-order chi connectivity index (χ0) is 35.5. The van der Waals surface area contributed by atoms with E-state index >= 15 is 0 Å². The number of hydrogen-bond acceptors (Lipinski definition) is 5. The molecule has 2 aliphatic rings. The minimum atomic E-state index is -0.124. The molecule has 0 unspecified atom stereocenters. The van der Waals surface area contributed by atoms with E-state index in [2.05, 4.69) is 105 Å². The van der Waals surface area contributed by atoms with E-state index in [-0.39, 0.29) is 5.41 Å². The Morgan fingerprint density at radius 2 is 0.925 bits per heavy atom. The molecule has 0 bridgehead atoms. The molecular weight excluding hydrogens is 651 g/mol. The van der Waals surface area contributed by atoms with E-state index < -0.39 is 0 Å². The van der Waals surface area contributed by atoms with Crippen molar-refractivity contribution >= 4 is 0 Å². The van der Waals surface area contributed by atoms with Gasteiger partial charge in [0.15, 0.2) is 40.5 Å². The Hall–Kier alpha value is -6.85. The topological polar surface area (TPSA) is 57.1 Å². The quantitative estimate of drug-likeness (QED) is 0.181. The van der Waals surface area contributed by atoms with Crippen LogP contribution in [0.4, 0.5) is 0 Å². The molecule has 10 rings (SSSR count). The highest BCUT2D eigenvalue weighted by Crippen LogP contribution is 2.58. The molecule has 0 fully saturated rings. The number of ether oxygens (including phenoxy) is 2. The van der Waals surface area contributed by atoms with Crippen LogP contribution < -0.4 is 9.47 Å². The van der Waals surface area contributed by atoms with Gasteiger partial charge >= 0.3 is 0 Å². The molecule has 5 heteroatoms. The van der Waals surface area contributed by atoms with Gasteiger partial charge < -0.3 is 9.47 Å². The van der Waals surface area contributed by atoms with Crippen LogP contribution in [0, 0.1) is 0 Å². The lowest BCUT2D eigenvalue weighted by Gasteiger charge is -2.25. The predicted octanol–water partition coefficient (Wildman–Crippen LogP) is 12.4. The van der Waals surface area contributed by atoms with Crippen LogP contribution in [0.3, 0.4) is 0 Å². The molecule has 0 amide bonds. The fraction of sp³-hybridized carbons (Fsp3) is 0.0625.